The first kappa shape index (κ1) is 15.4. The molecule has 0 bridgehead atoms. The zero-order chi connectivity index (χ0) is 15.8. The van der Waals surface area contributed by atoms with Gasteiger partial charge in [-0.25, -0.2) is 17.5 Å². The second-order valence-electron chi connectivity index (χ2n) is 5.43. The minimum Gasteiger partial charge on any atom is -0.399 e. The lowest BCUT2D eigenvalue weighted by Crippen LogP contribution is -2.36. The van der Waals surface area contributed by atoms with Gasteiger partial charge in [0.2, 0.25) is 0 Å². The molecule has 2 aromatic rings. The predicted octanol–water partition coefficient (Wildman–Crippen LogP) is 0.885. The Kier molecular flexibility index (Phi) is 3.70. The van der Waals surface area contributed by atoms with Crippen LogP contribution in [-0.2, 0) is 16.4 Å². The molecular formula is C12H16FN5O2S. The standard InChI is InChI=1S/C12H16FN5O2S/c1-12(2,21(3,19)20)7-18-11(15-16-17-18)9-5-4-8(14)6-10(9)13/h4-6H,7,14H2,1-3H3. The highest BCUT2D eigenvalue weighted by molar-refractivity contribution is 7.92. The molecule has 0 aliphatic heterocycles. The number of sulfone groups is 1. The SMILES string of the molecule is CC(C)(Cn1nnnc1-c1ccc(N)cc1F)S(C)(=O)=O. The topological polar surface area (TPSA) is 104 Å². The fourth-order valence-electron chi connectivity index (χ4n) is 1.69. The second-order valence-corrected chi connectivity index (χ2v) is 8.08. The van der Waals surface area contributed by atoms with Crippen molar-refractivity contribution in [1.82, 2.24) is 20.2 Å². The van der Waals surface area contributed by atoms with Crippen molar-refractivity contribution in [3.8, 4) is 11.4 Å². The largest absolute Gasteiger partial charge is 0.399 e. The maximum absolute atomic E-state index is 14.0. The van der Waals surface area contributed by atoms with Crippen molar-refractivity contribution in [2.24, 2.45) is 0 Å². The number of hydrogen-bond acceptors (Lipinski definition) is 6. The lowest BCUT2D eigenvalue weighted by Gasteiger charge is -2.22. The summed E-state index contributed by atoms with van der Waals surface area (Å²) in [5.41, 5.74) is 5.95. The molecule has 1 aromatic heterocycles. The molecule has 0 aliphatic carbocycles. The molecule has 0 saturated heterocycles. The number of halogens is 1. The van der Waals surface area contributed by atoms with Crippen LogP contribution in [0, 0.1) is 5.82 Å². The fraction of sp³-hybridized carbons (Fsp3) is 0.417. The molecule has 0 fully saturated rings. The summed E-state index contributed by atoms with van der Waals surface area (Å²) >= 11 is 0. The smallest absolute Gasteiger partial charge is 0.185 e. The molecule has 0 radical (unpaired) electrons. The molecule has 0 spiro atoms. The Morgan fingerprint density at radius 1 is 1.38 bits per heavy atom. The molecule has 2 N–H and O–H groups in total. The lowest BCUT2D eigenvalue weighted by molar-refractivity contribution is 0.471. The molecule has 1 heterocycles. The van der Waals surface area contributed by atoms with Crippen LogP contribution in [0.25, 0.3) is 11.4 Å². The highest BCUT2D eigenvalue weighted by Gasteiger charge is 2.32. The molecule has 0 amide bonds. The molecular weight excluding hydrogens is 297 g/mol. The Morgan fingerprint density at radius 3 is 2.62 bits per heavy atom. The molecule has 9 heteroatoms. The van der Waals surface area contributed by atoms with E-state index in [0.717, 1.165) is 12.3 Å². The van der Waals surface area contributed by atoms with Gasteiger partial charge < -0.3 is 5.73 Å². The second kappa shape index (κ2) is 5.06. The summed E-state index contributed by atoms with van der Waals surface area (Å²) in [6.07, 6.45) is 1.14. The van der Waals surface area contributed by atoms with Gasteiger partial charge in [-0.15, -0.1) is 5.10 Å². The van der Waals surface area contributed by atoms with Gasteiger partial charge in [0.05, 0.1) is 16.9 Å². The molecule has 7 nitrogen and oxygen atoms in total. The summed E-state index contributed by atoms with van der Waals surface area (Å²) in [7, 11) is -3.32. The van der Waals surface area contributed by atoms with E-state index in [-0.39, 0.29) is 23.6 Å². The van der Waals surface area contributed by atoms with E-state index in [0.29, 0.717) is 0 Å². The summed E-state index contributed by atoms with van der Waals surface area (Å²) in [6, 6.07) is 4.15. The third-order valence-electron chi connectivity index (χ3n) is 3.30. The van der Waals surface area contributed by atoms with Crippen molar-refractivity contribution in [2.45, 2.75) is 25.1 Å². The molecule has 2 rings (SSSR count). The van der Waals surface area contributed by atoms with Gasteiger partial charge in [-0.2, -0.15) is 0 Å². The Labute approximate surface area is 121 Å². The Balaban J connectivity index is 2.44. The molecule has 0 unspecified atom stereocenters. The maximum atomic E-state index is 14.0. The number of rotatable bonds is 4. The number of benzene rings is 1. The van der Waals surface area contributed by atoms with Gasteiger partial charge in [0.1, 0.15) is 5.82 Å². The van der Waals surface area contributed by atoms with Crippen molar-refractivity contribution < 1.29 is 12.8 Å². The number of hydrogen-bond donors (Lipinski definition) is 1. The normalized spacial score (nSPS) is 12.6. The van der Waals surface area contributed by atoms with Gasteiger partial charge in [-0.05, 0) is 42.5 Å². The molecule has 0 aliphatic rings. The van der Waals surface area contributed by atoms with Crippen LogP contribution in [0.5, 0.6) is 0 Å². The highest BCUT2D eigenvalue weighted by atomic mass is 32.2. The van der Waals surface area contributed by atoms with Crippen LogP contribution in [0.4, 0.5) is 10.1 Å². The van der Waals surface area contributed by atoms with Gasteiger partial charge in [-0.1, -0.05) is 0 Å². The van der Waals surface area contributed by atoms with Crippen LogP contribution < -0.4 is 5.73 Å². The van der Waals surface area contributed by atoms with Crippen LogP contribution in [0.2, 0.25) is 0 Å². The number of nitrogen functional groups attached to an aromatic ring is 1. The third-order valence-corrected chi connectivity index (χ3v) is 5.44. The summed E-state index contributed by atoms with van der Waals surface area (Å²) in [6.45, 7) is 3.14. The van der Waals surface area contributed by atoms with E-state index in [1.807, 2.05) is 0 Å². The first-order valence-corrected chi connectivity index (χ1v) is 8.02. The van der Waals surface area contributed by atoms with Crippen molar-refractivity contribution >= 4 is 15.5 Å². The predicted molar refractivity (Wildman–Crippen MR) is 76.5 cm³/mol. The minimum atomic E-state index is -3.32. The van der Waals surface area contributed by atoms with Gasteiger partial charge in [0.15, 0.2) is 15.7 Å². The number of nitrogens with two attached hydrogens (primary N) is 1. The van der Waals surface area contributed by atoms with E-state index in [1.54, 1.807) is 13.8 Å². The summed E-state index contributed by atoms with van der Waals surface area (Å²) in [4.78, 5) is 0. The Morgan fingerprint density at radius 2 is 2.05 bits per heavy atom. The van der Waals surface area contributed by atoms with Crippen LogP contribution in [0.1, 0.15) is 13.8 Å². The van der Waals surface area contributed by atoms with E-state index in [1.165, 1.54) is 16.8 Å². The third kappa shape index (κ3) is 3.02. The lowest BCUT2D eigenvalue weighted by atomic mass is 10.1. The molecule has 21 heavy (non-hydrogen) atoms. The average molecular weight is 313 g/mol. The zero-order valence-corrected chi connectivity index (χ0v) is 12.7. The van der Waals surface area contributed by atoms with Crippen molar-refractivity contribution in [3.05, 3.63) is 24.0 Å². The summed E-state index contributed by atoms with van der Waals surface area (Å²) in [5, 5.41) is 11.0. The Bertz CT molecular complexity index is 770. The van der Waals surface area contributed by atoms with Crippen LogP contribution in [-0.4, -0.2) is 39.6 Å². The van der Waals surface area contributed by atoms with Gasteiger partial charge >= 0.3 is 0 Å². The van der Waals surface area contributed by atoms with Gasteiger partial charge in [-0.3, -0.25) is 0 Å². The fourth-order valence-corrected chi connectivity index (χ4v) is 2.05. The minimum absolute atomic E-state index is 0.0119. The van der Waals surface area contributed by atoms with E-state index >= 15 is 0 Å². The summed E-state index contributed by atoms with van der Waals surface area (Å²) in [5.74, 6) is -0.410. The van der Waals surface area contributed by atoms with Crippen LogP contribution in [0.3, 0.4) is 0 Å². The van der Waals surface area contributed by atoms with Crippen molar-refractivity contribution in [3.63, 3.8) is 0 Å². The zero-order valence-electron chi connectivity index (χ0n) is 11.9. The molecule has 0 saturated carbocycles. The number of nitrogens with zero attached hydrogens (tertiary/aromatic N) is 4. The van der Waals surface area contributed by atoms with E-state index in [4.69, 9.17) is 5.73 Å². The van der Waals surface area contributed by atoms with Crippen molar-refractivity contribution in [1.29, 1.82) is 0 Å². The van der Waals surface area contributed by atoms with Crippen molar-refractivity contribution in [2.75, 3.05) is 12.0 Å². The molecule has 1 aromatic carbocycles. The van der Waals surface area contributed by atoms with Crippen LogP contribution in [0.15, 0.2) is 18.2 Å². The number of aromatic nitrogens is 4. The highest BCUT2D eigenvalue weighted by Crippen LogP contribution is 2.24. The van der Waals surface area contributed by atoms with Crippen LogP contribution >= 0.6 is 0 Å². The van der Waals surface area contributed by atoms with Gasteiger partial charge in [0, 0.05) is 11.9 Å². The first-order chi connectivity index (χ1) is 9.62. The number of tetrazole rings is 1. The maximum Gasteiger partial charge on any atom is 0.185 e. The van der Waals surface area contributed by atoms with E-state index in [9.17, 15) is 12.8 Å². The van der Waals surface area contributed by atoms with E-state index < -0.39 is 20.4 Å². The average Bonchev–Trinajstić information content (AvgIpc) is 2.75. The molecule has 114 valence electrons. The first-order valence-electron chi connectivity index (χ1n) is 6.13. The molecule has 0 atom stereocenters. The summed E-state index contributed by atoms with van der Waals surface area (Å²) < 4.78 is 37.7. The van der Waals surface area contributed by atoms with E-state index in [2.05, 4.69) is 15.5 Å². The number of anilines is 1. The van der Waals surface area contributed by atoms with Gasteiger partial charge in [0.25, 0.3) is 0 Å². The Hall–Kier alpha value is -2.03. The monoisotopic (exact) mass is 313 g/mol. The quantitative estimate of drug-likeness (QED) is 0.840.